The number of nitro groups is 1. The molecule has 1 amide bonds. The van der Waals surface area contributed by atoms with E-state index in [2.05, 4.69) is 15.4 Å². The van der Waals surface area contributed by atoms with Gasteiger partial charge >= 0.3 is 5.69 Å². The van der Waals surface area contributed by atoms with Gasteiger partial charge in [0.2, 0.25) is 17.7 Å². The van der Waals surface area contributed by atoms with Crippen molar-refractivity contribution in [1.82, 2.24) is 9.97 Å². The van der Waals surface area contributed by atoms with Crippen molar-refractivity contribution in [3.8, 4) is 0 Å². The van der Waals surface area contributed by atoms with Crippen LogP contribution in [0.15, 0.2) is 0 Å². The summed E-state index contributed by atoms with van der Waals surface area (Å²) in [7, 11) is 0. The van der Waals surface area contributed by atoms with Gasteiger partial charge in [-0.25, -0.2) is 10.8 Å². The number of nitrogens with two attached hydrogens (primary N) is 2. The standard InChI is InChI=1S/C10H15N7O4/c1-5-7(17(19)20)9(14-10(13-5)15-12)16-2-3-21-4-6(16)8(11)18/h6H,2-4,12H2,1H3,(H2,11,18)(H,13,14,15). The number of rotatable bonds is 4. The van der Waals surface area contributed by atoms with Crippen LogP contribution in [-0.2, 0) is 9.53 Å². The van der Waals surface area contributed by atoms with Gasteiger partial charge in [-0.3, -0.25) is 20.3 Å². The molecule has 0 aromatic carbocycles. The zero-order chi connectivity index (χ0) is 15.6. The van der Waals surface area contributed by atoms with E-state index >= 15 is 0 Å². The number of primary amides is 1. The summed E-state index contributed by atoms with van der Waals surface area (Å²) in [4.78, 5) is 31.5. The molecule has 0 bridgehead atoms. The zero-order valence-electron chi connectivity index (χ0n) is 11.3. The van der Waals surface area contributed by atoms with Crippen LogP contribution >= 0.6 is 0 Å². The van der Waals surface area contributed by atoms with Crippen LogP contribution < -0.4 is 21.9 Å². The second-order valence-corrected chi connectivity index (χ2v) is 4.39. The fourth-order valence-electron chi connectivity index (χ4n) is 2.12. The second kappa shape index (κ2) is 5.85. The molecule has 21 heavy (non-hydrogen) atoms. The van der Waals surface area contributed by atoms with E-state index < -0.39 is 16.9 Å². The van der Waals surface area contributed by atoms with Crippen molar-refractivity contribution in [3.05, 3.63) is 15.8 Å². The molecule has 2 heterocycles. The maximum Gasteiger partial charge on any atom is 0.332 e. The number of hydrogen-bond donors (Lipinski definition) is 3. The highest BCUT2D eigenvalue weighted by Gasteiger charge is 2.35. The molecule has 11 heteroatoms. The normalized spacial score (nSPS) is 18.4. The molecule has 0 radical (unpaired) electrons. The fourth-order valence-corrected chi connectivity index (χ4v) is 2.12. The van der Waals surface area contributed by atoms with Crippen LogP contribution in [0.25, 0.3) is 0 Å². The summed E-state index contributed by atoms with van der Waals surface area (Å²) in [6.07, 6.45) is 0. The first kappa shape index (κ1) is 14.9. The third-order valence-electron chi connectivity index (χ3n) is 3.08. The minimum absolute atomic E-state index is 0.00690. The molecule has 5 N–H and O–H groups in total. The first-order valence-corrected chi connectivity index (χ1v) is 6.09. The van der Waals surface area contributed by atoms with Gasteiger partial charge in [-0.15, -0.1) is 0 Å². The number of nitrogen functional groups attached to an aromatic ring is 1. The van der Waals surface area contributed by atoms with E-state index in [1.165, 1.54) is 11.8 Å². The number of ether oxygens (including phenoxy) is 1. The number of morpholine rings is 1. The molecule has 2 rings (SSSR count). The lowest BCUT2D eigenvalue weighted by atomic mass is 10.2. The number of hydrogen-bond acceptors (Lipinski definition) is 9. The van der Waals surface area contributed by atoms with Gasteiger partial charge in [0.15, 0.2) is 0 Å². The molecule has 11 nitrogen and oxygen atoms in total. The highest BCUT2D eigenvalue weighted by atomic mass is 16.6. The summed E-state index contributed by atoms with van der Waals surface area (Å²) in [5.41, 5.74) is 7.40. The first-order valence-electron chi connectivity index (χ1n) is 6.09. The number of aromatic nitrogens is 2. The van der Waals surface area contributed by atoms with Gasteiger partial charge in [-0.2, -0.15) is 4.98 Å². The molecule has 0 spiro atoms. The molecule has 1 aliphatic heterocycles. The minimum atomic E-state index is -0.836. The Morgan fingerprint density at radius 2 is 2.29 bits per heavy atom. The van der Waals surface area contributed by atoms with Crippen molar-refractivity contribution in [3.63, 3.8) is 0 Å². The van der Waals surface area contributed by atoms with E-state index in [1.807, 2.05) is 0 Å². The van der Waals surface area contributed by atoms with Crippen LogP contribution in [0.4, 0.5) is 17.5 Å². The van der Waals surface area contributed by atoms with E-state index in [-0.39, 0.29) is 36.3 Å². The van der Waals surface area contributed by atoms with Gasteiger partial charge in [0.1, 0.15) is 11.7 Å². The number of anilines is 2. The Kier molecular flexibility index (Phi) is 4.14. The fraction of sp³-hybridized carbons (Fsp3) is 0.500. The maximum atomic E-state index is 11.5. The third-order valence-corrected chi connectivity index (χ3v) is 3.08. The summed E-state index contributed by atoms with van der Waals surface area (Å²) in [5.74, 6) is 4.62. The van der Waals surface area contributed by atoms with E-state index in [0.717, 1.165) is 0 Å². The molecule has 114 valence electrons. The molecule has 1 aromatic rings. The molecule has 0 aliphatic carbocycles. The summed E-state index contributed by atoms with van der Waals surface area (Å²) in [6, 6.07) is -0.836. The van der Waals surface area contributed by atoms with Crippen molar-refractivity contribution < 1.29 is 14.5 Å². The lowest BCUT2D eigenvalue weighted by Gasteiger charge is -2.34. The first-order chi connectivity index (χ1) is 9.95. The second-order valence-electron chi connectivity index (χ2n) is 4.39. The van der Waals surface area contributed by atoms with Gasteiger partial charge in [-0.05, 0) is 6.92 Å². The Bertz CT molecular complexity index is 579. The van der Waals surface area contributed by atoms with E-state index in [0.29, 0.717) is 6.61 Å². The number of carbonyl (C=O) groups excluding carboxylic acids is 1. The summed E-state index contributed by atoms with van der Waals surface area (Å²) in [5, 5.41) is 11.3. The number of nitrogens with one attached hydrogen (secondary N) is 1. The molecule has 1 saturated heterocycles. The Hall–Kier alpha value is -2.53. The quantitative estimate of drug-likeness (QED) is 0.347. The zero-order valence-corrected chi connectivity index (χ0v) is 11.3. The van der Waals surface area contributed by atoms with Crippen LogP contribution in [0.1, 0.15) is 5.69 Å². The van der Waals surface area contributed by atoms with E-state index in [1.54, 1.807) is 0 Å². The van der Waals surface area contributed by atoms with Gasteiger partial charge in [0.05, 0.1) is 18.1 Å². The summed E-state index contributed by atoms with van der Waals surface area (Å²) < 4.78 is 5.19. The molecule has 1 atom stereocenters. The largest absolute Gasteiger partial charge is 0.377 e. The predicted molar refractivity (Wildman–Crippen MR) is 72.4 cm³/mol. The Morgan fingerprint density at radius 3 is 2.86 bits per heavy atom. The van der Waals surface area contributed by atoms with Crippen LogP contribution in [-0.4, -0.2) is 46.6 Å². The number of nitrogens with zero attached hydrogens (tertiary/aromatic N) is 4. The van der Waals surface area contributed by atoms with Crippen molar-refractivity contribution >= 4 is 23.4 Å². The Balaban J connectivity index is 2.56. The van der Waals surface area contributed by atoms with Crippen LogP contribution in [0.2, 0.25) is 0 Å². The molecular formula is C10H15N7O4. The van der Waals surface area contributed by atoms with Crippen LogP contribution in [0, 0.1) is 17.0 Å². The molecule has 1 unspecified atom stereocenters. The Morgan fingerprint density at radius 1 is 1.57 bits per heavy atom. The lowest BCUT2D eigenvalue weighted by molar-refractivity contribution is -0.385. The van der Waals surface area contributed by atoms with Gasteiger partial charge in [0.25, 0.3) is 0 Å². The number of carbonyl (C=O) groups is 1. The third kappa shape index (κ3) is 2.83. The van der Waals surface area contributed by atoms with Gasteiger partial charge in [0, 0.05) is 6.54 Å². The van der Waals surface area contributed by atoms with E-state index in [9.17, 15) is 14.9 Å². The summed E-state index contributed by atoms with van der Waals surface area (Å²) >= 11 is 0. The predicted octanol–water partition coefficient (Wildman–Crippen LogP) is -1.33. The van der Waals surface area contributed by atoms with Crippen molar-refractivity contribution in [2.75, 3.05) is 30.1 Å². The molecular weight excluding hydrogens is 282 g/mol. The number of hydrazine groups is 1. The smallest absolute Gasteiger partial charge is 0.332 e. The lowest BCUT2D eigenvalue weighted by Crippen LogP contribution is -2.53. The molecule has 1 aliphatic rings. The maximum absolute atomic E-state index is 11.5. The van der Waals surface area contributed by atoms with Crippen molar-refractivity contribution in [2.45, 2.75) is 13.0 Å². The highest BCUT2D eigenvalue weighted by Crippen LogP contribution is 2.31. The van der Waals surface area contributed by atoms with Gasteiger partial charge < -0.3 is 15.4 Å². The van der Waals surface area contributed by atoms with Gasteiger partial charge in [-0.1, -0.05) is 0 Å². The number of amides is 1. The van der Waals surface area contributed by atoms with Crippen molar-refractivity contribution in [1.29, 1.82) is 0 Å². The number of aryl methyl sites for hydroxylation is 1. The topological polar surface area (TPSA) is 163 Å². The summed E-state index contributed by atoms with van der Waals surface area (Å²) in [6.45, 7) is 2.05. The molecule has 1 fully saturated rings. The average molecular weight is 297 g/mol. The van der Waals surface area contributed by atoms with E-state index in [4.69, 9.17) is 16.3 Å². The highest BCUT2D eigenvalue weighted by molar-refractivity contribution is 5.84. The molecule has 1 aromatic heterocycles. The monoisotopic (exact) mass is 297 g/mol. The van der Waals surface area contributed by atoms with Crippen LogP contribution in [0.3, 0.4) is 0 Å². The SMILES string of the molecule is Cc1nc(NN)nc(N2CCOCC2C(N)=O)c1[N+](=O)[O-]. The average Bonchev–Trinajstić information content (AvgIpc) is 2.45. The molecule has 0 saturated carbocycles. The Labute approximate surface area is 119 Å². The van der Waals surface area contributed by atoms with Crippen molar-refractivity contribution in [2.24, 2.45) is 11.6 Å². The minimum Gasteiger partial charge on any atom is -0.377 e. The van der Waals surface area contributed by atoms with Crippen LogP contribution in [0.5, 0.6) is 0 Å².